The van der Waals surface area contributed by atoms with Crippen LogP contribution >= 0.6 is 11.6 Å². The lowest BCUT2D eigenvalue weighted by Crippen LogP contribution is -2.09. The molecule has 0 saturated heterocycles. The summed E-state index contributed by atoms with van der Waals surface area (Å²) in [7, 11) is 0. The minimum Gasteiger partial charge on any atom is -0.462 e. The maximum atomic E-state index is 11.7. The van der Waals surface area contributed by atoms with E-state index < -0.39 is 5.97 Å². The van der Waals surface area contributed by atoms with Gasteiger partial charge in [-0.15, -0.1) is 0 Å². The van der Waals surface area contributed by atoms with E-state index in [-0.39, 0.29) is 6.61 Å². The Balaban J connectivity index is 2.34. The Morgan fingerprint density at radius 2 is 2.00 bits per heavy atom. The number of aliphatic hydroxyl groups is 1. The van der Waals surface area contributed by atoms with Crippen LogP contribution in [0.5, 0.6) is 0 Å². The first-order valence-corrected chi connectivity index (χ1v) is 6.36. The molecular formula is C13H18ClNO3. The lowest BCUT2D eigenvalue weighted by molar-refractivity contribution is 0.0498. The van der Waals surface area contributed by atoms with Gasteiger partial charge in [0.05, 0.1) is 12.2 Å². The average Bonchev–Trinajstić information content (AvgIpc) is 2.36. The maximum Gasteiger partial charge on any atom is 0.340 e. The second kappa shape index (κ2) is 7.95. The number of ether oxygens (including phenoxy) is 1. The van der Waals surface area contributed by atoms with Crippen LogP contribution in [0.1, 0.15) is 36.0 Å². The standard InChI is InChI=1S/C13H18ClNO3/c14-10-5-6-12(15)11(9-10)13(17)18-8-4-2-1-3-7-16/h5-6,9,16H,1-4,7-8,15H2. The Kier molecular flexibility index (Phi) is 6.54. The van der Waals surface area contributed by atoms with Gasteiger partial charge in [0.15, 0.2) is 0 Å². The monoisotopic (exact) mass is 271 g/mol. The van der Waals surface area contributed by atoms with Crippen LogP contribution in [-0.2, 0) is 4.74 Å². The highest BCUT2D eigenvalue weighted by Gasteiger charge is 2.11. The lowest BCUT2D eigenvalue weighted by atomic mass is 10.2. The predicted molar refractivity (Wildman–Crippen MR) is 71.7 cm³/mol. The van der Waals surface area contributed by atoms with Crippen molar-refractivity contribution in [1.82, 2.24) is 0 Å². The SMILES string of the molecule is Nc1ccc(Cl)cc1C(=O)OCCCCCCO. The minimum atomic E-state index is -0.447. The van der Waals surface area contributed by atoms with Gasteiger partial charge in [-0.1, -0.05) is 18.0 Å². The number of anilines is 1. The first-order chi connectivity index (χ1) is 8.65. The second-order valence-electron chi connectivity index (χ2n) is 4.01. The Hall–Kier alpha value is -1.26. The second-order valence-corrected chi connectivity index (χ2v) is 4.44. The van der Waals surface area contributed by atoms with Crippen LogP contribution in [0.3, 0.4) is 0 Å². The zero-order valence-corrected chi connectivity index (χ0v) is 10.9. The van der Waals surface area contributed by atoms with Gasteiger partial charge in [0.1, 0.15) is 0 Å². The minimum absolute atomic E-state index is 0.207. The Labute approximate surface area is 112 Å². The normalized spacial score (nSPS) is 10.3. The lowest BCUT2D eigenvalue weighted by Gasteiger charge is -2.07. The number of carbonyl (C=O) groups excluding carboxylic acids is 1. The highest BCUT2D eigenvalue weighted by Crippen LogP contribution is 2.18. The largest absolute Gasteiger partial charge is 0.462 e. The molecule has 0 aromatic heterocycles. The summed E-state index contributed by atoms with van der Waals surface area (Å²) in [6, 6.07) is 4.72. The van der Waals surface area contributed by atoms with E-state index in [0.717, 1.165) is 25.7 Å². The molecule has 0 heterocycles. The maximum absolute atomic E-state index is 11.7. The average molecular weight is 272 g/mol. The van der Waals surface area contributed by atoms with Gasteiger partial charge in [0.2, 0.25) is 0 Å². The van der Waals surface area contributed by atoms with E-state index in [1.807, 2.05) is 0 Å². The number of benzene rings is 1. The van der Waals surface area contributed by atoms with E-state index in [2.05, 4.69) is 0 Å². The molecular weight excluding hydrogens is 254 g/mol. The van der Waals surface area contributed by atoms with Gasteiger partial charge < -0.3 is 15.6 Å². The zero-order valence-electron chi connectivity index (χ0n) is 10.2. The number of hydrogen-bond acceptors (Lipinski definition) is 4. The first-order valence-electron chi connectivity index (χ1n) is 5.98. The van der Waals surface area contributed by atoms with Gasteiger partial charge in [0, 0.05) is 17.3 Å². The predicted octanol–water partition coefficient (Wildman–Crippen LogP) is 2.63. The summed E-state index contributed by atoms with van der Waals surface area (Å²) in [5.74, 6) is -0.447. The molecule has 0 saturated carbocycles. The Morgan fingerprint density at radius 1 is 1.28 bits per heavy atom. The van der Waals surface area contributed by atoms with E-state index in [9.17, 15) is 4.79 Å². The van der Waals surface area contributed by atoms with Crippen LogP contribution in [0.2, 0.25) is 5.02 Å². The molecule has 3 N–H and O–H groups in total. The molecule has 1 aromatic carbocycles. The summed E-state index contributed by atoms with van der Waals surface area (Å²) in [5.41, 5.74) is 6.34. The molecule has 0 radical (unpaired) electrons. The Bertz CT molecular complexity index is 396. The smallest absolute Gasteiger partial charge is 0.340 e. The highest BCUT2D eigenvalue weighted by molar-refractivity contribution is 6.31. The van der Waals surface area contributed by atoms with Crippen LogP contribution < -0.4 is 5.73 Å². The quantitative estimate of drug-likeness (QED) is 0.454. The van der Waals surface area contributed by atoms with Gasteiger partial charge in [-0.25, -0.2) is 4.79 Å². The topological polar surface area (TPSA) is 72.6 Å². The number of hydrogen-bond donors (Lipinski definition) is 2. The molecule has 0 aliphatic heterocycles. The van der Waals surface area contributed by atoms with Crippen LogP contribution in [0.15, 0.2) is 18.2 Å². The van der Waals surface area contributed by atoms with Crippen molar-refractivity contribution in [3.8, 4) is 0 Å². The third kappa shape index (κ3) is 4.94. The summed E-state index contributed by atoms with van der Waals surface area (Å²) in [6.45, 7) is 0.565. The van der Waals surface area contributed by atoms with Gasteiger partial charge in [-0.2, -0.15) is 0 Å². The number of carbonyl (C=O) groups is 1. The van der Waals surface area contributed by atoms with E-state index in [0.29, 0.717) is 22.9 Å². The van der Waals surface area contributed by atoms with Gasteiger partial charge in [-0.05, 0) is 37.5 Å². The molecule has 1 rings (SSSR count). The fraction of sp³-hybridized carbons (Fsp3) is 0.462. The van der Waals surface area contributed by atoms with Crippen LogP contribution in [0.4, 0.5) is 5.69 Å². The fourth-order valence-electron chi connectivity index (χ4n) is 1.52. The fourth-order valence-corrected chi connectivity index (χ4v) is 1.69. The van der Waals surface area contributed by atoms with Crippen LogP contribution in [0.25, 0.3) is 0 Å². The molecule has 4 nitrogen and oxygen atoms in total. The van der Waals surface area contributed by atoms with E-state index in [4.69, 9.17) is 27.2 Å². The van der Waals surface area contributed by atoms with Crippen molar-refractivity contribution < 1.29 is 14.6 Å². The van der Waals surface area contributed by atoms with Gasteiger partial charge in [-0.3, -0.25) is 0 Å². The number of aliphatic hydroxyl groups excluding tert-OH is 1. The Morgan fingerprint density at radius 3 is 2.72 bits per heavy atom. The first kappa shape index (κ1) is 14.8. The molecule has 0 aliphatic carbocycles. The number of halogens is 1. The number of rotatable bonds is 7. The number of unbranched alkanes of at least 4 members (excludes halogenated alkanes) is 3. The summed E-state index contributed by atoms with van der Waals surface area (Å²) in [5, 5.41) is 9.06. The molecule has 0 aliphatic rings. The van der Waals surface area contributed by atoms with Crippen molar-refractivity contribution >= 4 is 23.3 Å². The number of esters is 1. The molecule has 0 bridgehead atoms. The van der Waals surface area contributed by atoms with Crippen molar-refractivity contribution in [2.75, 3.05) is 18.9 Å². The molecule has 18 heavy (non-hydrogen) atoms. The van der Waals surface area contributed by atoms with Crippen LogP contribution in [0, 0.1) is 0 Å². The van der Waals surface area contributed by atoms with Crippen molar-refractivity contribution in [2.24, 2.45) is 0 Å². The van der Waals surface area contributed by atoms with Crippen molar-refractivity contribution in [1.29, 1.82) is 0 Å². The number of nitrogen functional groups attached to an aromatic ring is 1. The van der Waals surface area contributed by atoms with Crippen molar-refractivity contribution in [3.63, 3.8) is 0 Å². The summed E-state index contributed by atoms with van der Waals surface area (Å²) in [6.07, 6.45) is 3.44. The molecule has 100 valence electrons. The number of nitrogens with two attached hydrogens (primary N) is 1. The summed E-state index contributed by atoms with van der Waals surface area (Å²) >= 11 is 5.79. The zero-order chi connectivity index (χ0) is 13.4. The van der Waals surface area contributed by atoms with E-state index in [1.54, 1.807) is 12.1 Å². The molecule has 0 fully saturated rings. The van der Waals surface area contributed by atoms with Crippen LogP contribution in [-0.4, -0.2) is 24.3 Å². The molecule has 0 atom stereocenters. The summed E-state index contributed by atoms with van der Waals surface area (Å²) < 4.78 is 5.10. The molecule has 5 heteroatoms. The molecule has 0 amide bonds. The van der Waals surface area contributed by atoms with E-state index in [1.165, 1.54) is 6.07 Å². The third-order valence-corrected chi connectivity index (χ3v) is 2.76. The highest BCUT2D eigenvalue weighted by atomic mass is 35.5. The van der Waals surface area contributed by atoms with E-state index >= 15 is 0 Å². The molecule has 0 spiro atoms. The van der Waals surface area contributed by atoms with Gasteiger partial charge in [0.25, 0.3) is 0 Å². The third-order valence-electron chi connectivity index (χ3n) is 2.52. The van der Waals surface area contributed by atoms with Crippen molar-refractivity contribution in [3.05, 3.63) is 28.8 Å². The molecule has 0 unspecified atom stereocenters. The van der Waals surface area contributed by atoms with Crippen molar-refractivity contribution in [2.45, 2.75) is 25.7 Å². The summed E-state index contributed by atoms with van der Waals surface area (Å²) in [4.78, 5) is 11.7. The van der Waals surface area contributed by atoms with Gasteiger partial charge >= 0.3 is 5.97 Å². The molecule has 1 aromatic rings.